The van der Waals surface area contributed by atoms with Crippen LogP contribution in [0.5, 0.6) is 0 Å². The van der Waals surface area contributed by atoms with Crippen molar-refractivity contribution < 1.29 is 21.6 Å². The fourth-order valence-electron chi connectivity index (χ4n) is 2.61. The van der Waals surface area contributed by atoms with Gasteiger partial charge in [-0.1, -0.05) is 12.1 Å². The van der Waals surface area contributed by atoms with Gasteiger partial charge in [0.2, 0.25) is 10.0 Å². The van der Waals surface area contributed by atoms with Crippen molar-refractivity contribution in [3.8, 4) is 0 Å². The van der Waals surface area contributed by atoms with Crippen LogP contribution in [0.1, 0.15) is 17.5 Å². The number of benzene rings is 1. The molecule has 2 aromatic rings. The van der Waals surface area contributed by atoms with Crippen molar-refractivity contribution in [3.63, 3.8) is 0 Å². The van der Waals surface area contributed by atoms with Crippen LogP contribution in [-0.4, -0.2) is 25.7 Å². The number of nitrogens with zero attached hydrogens (tertiary/aromatic N) is 2. The van der Waals surface area contributed by atoms with Gasteiger partial charge in [-0.3, -0.25) is 4.31 Å². The maximum Gasteiger partial charge on any atom is 0.417 e. The molecule has 1 aliphatic rings. The average molecular weight is 371 g/mol. The molecule has 0 spiro atoms. The number of nitrogens with one attached hydrogen (secondary N) is 1. The zero-order valence-corrected chi connectivity index (χ0v) is 13.9. The van der Waals surface area contributed by atoms with Crippen molar-refractivity contribution in [2.45, 2.75) is 19.1 Å². The molecular weight excluding hydrogens is 355 g/mol. The van der Waals surface area contributed by atoms with E-state index in [-0.39, 0.29) is 5.75 Å². The van der Waals surface area contributed by atoms with Gasteiger partial charge in [0.05, 0.1) is 17.0 Å². The summed E-state index contributed by atoms with van der Waals surface area (Å²) >= 11 is 0. The fourth-order valence-corrected chi connectivity index (χ4v) is 4.17. The summed E-state index contributed by atoms with van der Waals surface area (Å²) in [6.45, 7) is 0.778. The summed E-state index contributed by atoms with van der Waals surface area (Å²) in [6.07, 6.45) is -3.04. The number of hydrogen-bond donors (Lipinski definition) is 1. The molecule has 1 aliphatic heterocycles. The van der Waals surface area contributed by atoms with Crippen molar-refractivity contribution in [3.05, 3.63) is 53.7 Å². The van der Waals surface area contributed by atoms with E-state index in [0.717, 1.165) is 17.8 Å². The zero-order chi connectivity index (χ0) is 18.1. The van der Waals surface area contributed by atoms with Crippen molar-refractivity contribution in [2.24, 2.45) is 0 Å². The van der Waals surface area contributed by atoms with E-state index in [1.807, 2.05) is 6.07 Å². The molecule has 1 fully saturated rings. The molecule has 1 saturated heterocycles. The number of pyridine rings is 1. The Balaban J connectivity index is 1.69. The summed E-state index contributed by atoms with van der Waals surface area (Å²) in [5.74, 6) is 0.456. The molecule has 9 heteroatoms. The van der Waals surface area contributed by atoms with Crippen molar-refractivity contribution >= 4 is 21.5 Å². The van der Waals surface area contributed by atoms with Crippen molar-refractivity contribution in [1.82, 2.24) is 4.98 Å². The second-order valence-electron chi connectivity index (χ2n) is 5.70. The number of aromatic nitrogens is 1. The highest BCUT2D eigenvalue weighted by Crippen LogP contribution is 2.29. The minimum absolute atomic E-state index is 0.144. The minimum atomic E-state index is -4.42. The van der Waals surface area contributed by atoms with Crippen molar-refractivity contribution in [2.75, 3.05) is 21.9 Å². The Bertz CT molecular complexity index is 852. The summed E-state index contributed by atoms with van der Waals surface area (Å²) in [4.78, 5) is 3.75. The van der Waals surface area contributed by atoms with Gasteiger partial charge >= 0.3 is 6.18 Å². The topological polar surface area (TPSA) is 62.3 Å². The average Bonchev–Trinajstić information content (AvgIpc) is 2.92. The van der Waals surface area contributed by atoms with Gasteiger partial charge in [0.15, 0.2) is 0 Å². The monoisotopic (exact) mass is 371 g/mol. The largest absolute Gasteiger partial charge is 0.417 e. The predicted molar refractivity (Wildman–Crippen MR) is 88.8 cm³/mol. The molecule has 3 rings (SSSR count). The molecule has 1 aromatic carbocycles. The van der Waals surface area contributed by atoms with Gasteiger partial charge in [0, 0.05) is 19.3 Å². The van der Waals surface area contributed by atoms with Gasteiger partial charge < -0.3 is 5.32 Å². The van der Waals surface area contributed by atoms with Gasteiger partial charge in [-0.2, -0.15) is 13.2 Å². The first-order valence-electron chi connectivity index (χ1n) is 7.62. The molecule has 0 bridgehead atoms. The van der Waals surface area contributed by atoms with Crippen LogP contribution < -0.4 is 9.62 Å². The maximum absolute atomic E-state index is 12.5. The molecule has 2 heterocycles. The molecule has 0 aliphatic carbocycles. The normalized spacial score (nSPS) is 16.8. The molecule has 0 unspecified atom stereocenters. The van der Waals surface area contributed by atoms with Gasteiger partial charge in [0.25, 0.3) is 0 Å². The van der Waals surface area contributed by atoms with E-state index in [4.69, 9.17) is 0 Å². The number of alkyl halides is 3. The first-order valence-corrected chi connectivity index (χ1v) is 9.23. The Labute approximate surface area is 143 Å². The van der Waals surface area contributed by atoms with Gasteiger partial charge in [0.1, 0.15) is 5.82 Å². The van der Waals surface area contributed by atoms with E-state index in [2.05, 4.69) is 10.3 Å². The standard InChI is InChI=1S/C16H16F3N3O2S/c17-16(18,19)13-5-6-15(21-11-13)20-10-12-3-1-4-14(9-12)22-7-2-8-25(22,23)24/h1,3-6,9,11H,2,7-8,10H2,(H,20,21). The number of hydrogen-bond acceptors (Lipinski definition) is 4. The van der Waals surface area contributed by atoms with Crippen LogP contribution >= 0.6 is 0 Å². The summed E-state index contributed by atoms with van der Waals surface area (Å²) in [5, 5.41) is 2.93. The third kappa shape index (κ3) is 4.04. The summed E-state index contributed by atoms with van der Waals surface area (Å²) in [5.41, 5.74) is 0.595. The lowest BCUT2D eigenvalue weighted by Gasteiger charge is -2.18. The highest BCUT2D eigenvalue weighted by molar-refractivity contribution is 7.93. The third-order valence-electron chi connectivity index (χ3n) is 3.86. The Hall–Kier alpha value is -2.29. The quantitative estimate of drug-likeness (QED) is 0.896. The highest BCUT2D eigenvalue weighted by Gasteiger charge is 2.30. The predicted octanol–water partition coefficient (Wildman–Crippen LogP) is 3.25. The van der Waals surface area contributed by atoms with Gasteiger partial charge in [-0.15, -0.1) is 0 Å². The molecule has 5 nitrogen and oxygen atoms in total. The third-order valence-corrected chi connectivity index (χ3v) is 5.73. The van der Waals surface area contributed by atoms with Crippen LogP contribution in [0.2, 0.25) is 0 Å². The molecule has 1 aromatic heterocycles. The lowest BCUT2D eigenvalue weighted by atomic mass is 10.2. The second kappa shape index (κ2) is 6.55. The number of halogens is 3. The van der Waals surface area contributed by atoms with Crippen LogP contribution in [0, 0.1) is 0 Å². The number of anilines is 2. The molecular formula is C16H16F3N3O2S. The summed E-state index contributed by atoms with van der Waals surface area (Å²) in [6, 6.07) is 9.26. The smallest absolute Gasteiger partial charge is 0.366 e. The van der Waals surface area contributed by atoms with Crippen LogP contribution in [-0.2, 0) is 22.7 Å². The fraction of sp³-hybridized carbons (Fsp3) is 0.312. The van der Waals surface area contributed by atoms with E-state index >= 15 is 0 Å². The number of rotatable bonds is 4. The van der Waals surface area contributed by atoms with Crippen LogP contribution in [0.4, 0.5) is 24.7 Å². The SMILES string of the molecule is O=S1(=O)CCCN1c1cccc(CNc2ccc(C(F)(F)F)cn2)c1. The first kappa shape index (κ1) is 17.5. The molecule has 0 atom stereocenters. The van der Waals surface area contributed by atoms with Gasteiger partial charge in [-0.05, 0) is 36.2 Å². The number of sulfonamides is 1. The Morgan fingerprint density at radius 2 is 2.00 bits per heavy atom. The lowest BCUT2D eigenvalue weighted by Crippen LogP contribution is -2.25. The molecule has 1 N–H and O–H groups in total. The van der Waals surface area contributed by atoms with E-state index in [0.29, 0.717) is 31.0 Å². The second-order valence-corrected chi connectivity index (χ2v) is 7.71. The zero-order valence-electron chi connectivity index (χ0n) is 13.1. The van der Waals surface area contributed by atoms with E-state index < -0.39 is 21.8 Å². The van der Waals surface area contributed by atoms with Crippen LogP contribution in [0.3, 0.4) is 0 Å². The first-order chi connectivity index (χ1) is 11.8. The van der Waals surface area contributed by atoms with Crippen LogP contribution in [0.25, 0.3) is 0 Å². The molecule has 0 amide bonds. The van der Waals surface area contributed by atoms with E-state index in [1.165, 1.54) is 10.4 Å². The van der Waals surface area contributed by atoms with Gasteiger partial charge in [-0.25, -0.2) is 13.4 Å². The Morgan fingerprint density at radius 3 is 2.60 bits per heavy atom. The Kier molecular flexibility index (Phi) is 4.59. The Morgan fingerprint density at radius 1 is 1.20 bits per heavy atom. The molecule has 0 radical (unpaired) electrons. The van der Waals surface area contributed by atoms with E-state index in [9.17, 15) is 21.6 Å². The van der Waals surface area contributed by atoms with Crippen molar-refractivity contribution in [1.29, 1.82) is 0 Å². The highest BCUT2D eigenvalue weighted by atomic mass is 32.2. The van der Waals surface area contributed by atoms with Crippen LogP contribution in [0.15, 0.2) is 42.6 Å². The van der Waals surface area contributed by atoms with E-state index in [1.54, 1.807) is 18.2 Å². The molecule has 134 valence electrons. The minimum Gasteiger partial charge on any atom is -0.366 e. The molecule has 0 saturated carbocycles. The maximum atomic E-state index is 12.5. The summed E-state index contributed by atoms with van der Waals surface area (Å²) in [7, 11) is -3.25. The lowest BCUT2D eigenvalue weighted by molar-refractivity contribution is -0.137. The summed E-state index contributed by atoms with van der Waals surface area (Å²) < 4.78 is 62.9. The molecule has 25 heavy (non-hydrogen) atoms.